The van der Waals surface area contributed by atoms with E-state index in [1.54, 1.807) is 10.9 Å². The van der Waals surface area contributed by atoms with Gasteiger partial charge in [-0.2, -0.15) is 18.3 Å². The average molecular weight is 419 g/mol. The molecule has 1 aromatic carbocycles. The Balaban J connectivity index is 0.000000318. The van der Waals surface area contributed by atoms with Crippen LogP contribution in [0.2, 0.25) is 0 Å². The fraction of sp³-hybridized carbons (Fsp3) is 0.158. The van der Waals surface area contributed by atoms with Gasteiger partial charge >= 0.3 is 12.1 Å². The number of rotatable bonds is 2. The van der Waals surface area contributed by atoms with Crippen LogP contribution < -0.4 is 11.1 Å². The second-order valence-electron chi connectivity index (χ2n) is 6.25. The molecule has 0 radical (unpaired) electrons. The van der Waals surface area contributed by atoms with E-state index in [9.17, 15) is 18.0 Å². The molecule has 2 aromatic heterocycles. The number of carbonyl (C=O) groups excluding carboxylic acids is 1. The molecule has 156 valence electrons. The van der Waals surface area contributed by atoms with E-state index in [2.05, 4.69) is 15.4 Å². The Kier molecular flexibility index (Phi) is 5.72. The molecule has 1 amide bonds. The number of carboxylic acids is 1. The molecular formula is C19H16F3N5O3. The molecule has 8 nitrogen and oxygen atoms in total. The highest BCUT2D eigenvalue weighted by Gasteiger charge is 2.38. The fourth-order valence-electron chi connectivity index (χ4n) is 2.68. The van der Waals surface area contributed by atoms with Gasteiger partial charge in [0.1, 0.15) is 5.69 Å². The molecular weight excluding hydrogens is 403 g/mol. The molecule has 0 bridgehead atoms. The maximum Gasteiger partial charge on any atom is 0.490 e. The van der Waals surface area contributed by atoms with E-state index >= 15 is 0 Å². The molecule has 0 aliphatic carbocycles. The molecule has 0 saturated carbocycles. The molecule has 0 atom stereocenters. The molecule has 3 aromatic rings. The Bertz CT molecular complexity index is 1080. The zero-order valence-corrected chi connectivity index (χ0v) is 15.3. The maximum atomic E-state index is 11.9. The summed E-state index contributed by atoms with van der Waals surface area (Å²) in [6.45, 7) is 1.30. The van der Waals surface area contributed by atoms with Gasteiger partial charge in [0.25, 0.3) is 5.91 Å². The number of carboxylic acid groups (broad SMARTS) is 1. The topological polar surface area (TPSA) is 123 Å². The standard InChI is InChI=1S/C17H15N5O.C2HF3O2/c18-13-3-1-11(2-4-13)14-9-12(5-6-19-14)15-10-16-17(23)20-7-8-22(16)21-15;3-2(4,5)1(6)7/h1-6,9-10H,7-8,18H2,(H,20,23);(H,6,7). The number of nitrogens with two attached hydrogens (primary N) is 1. The highest BCUT2D eigenvalue weighted by molar-refractivity contribution is 5.94. The van der Waals surface area contributed by atoms with Crippen LogP contribution in [0.3, 0.4) is 0 Å². The normalized spacial score (nSPS) is 13.0. The van der Waals surface area contributed by atoms with Crippen LogP contribution in [0.1, 0.15) is 10.5 Å². The summed E-state index contributed by atoms with van der Waals surface area (Å²) in [5, 5.41) is 14.5. The average Bonchev–Trinajstić information content (AvgIpc) is 3.14. The molecule has 4 rings (SSSR count). The van der Waals surface area contributed by atoms with E-state index in [4.69, 9.17) is 15.6 Å². The monoisotopic (exact) mass is 419 g/mol. The lowest BCUT2D eigenvalue weighted by Gasteiger charge is -2.13. The number of aromatic nitrogens is 3. The first kappa shape index (κ1) is 20.8. The van der Waals surface area contributed by atoms with Gasteiger partial charge in [0.2, 0.25) is 0 Å². The summed E-state index contributed by atoms with van der Waals surface area (Å²) < 4.78 is 33.5. The molecule has 3 heterocycles. The molecule has 1 aliphatic rings. The molecule has 0 unspecified atom stereocenters. The van der Waals surface area contributed by atoms with Crippen LogP contribution in [-0.4, -0.2) is 44.5 Å². The van der Waals surface area contributed by atoms with E-state index in [1.165, 1.54) is 0 Å². The summed E-state index contributed by atoms with van der Waals surface area (Å²) in [7, 11) is 0. The Hall–Kier alpha value is -3.89. The molecule has 0 spiro atoms. The largest absolute Gasteiger partial charge is 0.490 e. The minimum Gasteiger partial charge on any atom is -0.475 e. The molecule has 4 N–H and O–H groups in total. The van der Waals surface area contributed by atoms with E-state index in [0.717, 1.165) is 28.2 Å². The number of amides is 1. The van der Waals surface area contributed by atoms with Crippen molar-refractivity contribution >= 4 is 17.6 Å². The summed E-state index contributed by atoms with van der Waals surface area (Å²) in [6.07, 6.45) is -3.33. The Morgan fingerprint density at radius 3 is 2.37 bits per heavy atom. The second-order valence-corrected chi connectivity index (χ2v) is 6.25. The number of carbonyl (C=O) groups is 2. The molecule has 0 fully saturated rings. The third-order valence-corrected chi connectivity index (χ3v) is 4.13. The van der Waals surface area contributed by atoms with Gasteiger partial charge in [-0.15, -0.1) is 0 Å². The second kappa shape index (κ2) is 8.23. The van der Waals surface area contributed by atoms with E-state index in [1.807, 2.05) is 42.5 Å². The summed E-state index contributed by atoms with van der Waals surface area (Å²) in [5.41, 5.74) is 10.6. The number of aliphatic carboxylic acids is 1. The highest BCUT2D eigenvalue weighted by Crippen LogP contribution is 2.25. The van der Waals surface area contributed by atoms with Crippen molar-refractivity contribution in [3.8, 4) is 22.5 Å². The highest BCUT2D eigenvalue weighted by atomic mass is 19.4. The summed E-state index contributed by atoms with van der Waals surface area (Å²) in [4.78, 5) is 25.2. The molecule has 30 heavy (non-hydrogen) atoms. The summed E-state index contributed by atoms with van der Waals surface area (Å²) in [5.74, 6) is -2.84. The van der Waals surface area contributed by atoms with Gasteiger partial charge in [-0.05, 0) is 30.3 Å². The van der Waals surface area contributed by atoms with Crippen molar-refractivity contribution in [3.63, 3.8) is 0 Å². The van der Waals surface area contributed by atoms with Crippen molar-refractivity contribution in [2.75, 3.05) is 12.3 Å². The SMILES string of the molecule is Nc1ccc(-c2cc(-c3cc4n(n3)CCNC4=O)ccn2)cc1.O=C(O)C(F)(F)F. The molecule has 0 saturated heterocycles. The van der Waals surface area contributed by atoms with Gasteiger partial charge in [-0.3, -0.25) is 14.5 Å². The van der Waals surface area contributed by atoms with Crippen molar-refractivity contribution in [1.82, 2.24) is 20.1 Å². The fourth-order valence-corrected chi connectivity index (χ4v) is 2.68. The van der Waals surface area contributed by atoms with Crippen molar-refractivity contribution in [2.24, 2.45) is 0 Å². The number of anilines is 1. The number of pyridine rings is 1. The third-order valence-electron chi connectivity index (χ3n) is 4.13. The number of halogens is 3. The van der Waals surface area contributed by atoms with Crippen molar-refractivity contribution in [1.29, 1.82) is 0 Å². The zero-order valence-electron chi connectivity index (χ0n) is 15.3. The number of hydrogen-bond donors (Lipinski definition) is 3. The summed E-state index contributed by atoms with van der Waals surface area (Å²) in [6, 6.07) is 13.3. The number of fused-ring (bicyclic) bond motifs is 1. The first-order valence-electron chi connectivity index (χ1n) is 8.63. The number of alkyl halides is 3. The van der Waals surface area contributed by atoms with Gasteiger partial charge in [0.15, 0.2) is 0 Å². The van der Waals surface area contributed by atoms with Crippen molar-refractivity contribution < 1.29 is 27.9 Å². The Morgan fingerprint density at radius 2 is 1.77 bits per heavy atom. The molecule has 1 aliphatic heterocycles. The smallest absolute Gasteiger partial charge is 0.475 e. The number of benzene rings is 1. The first-order valence-corrected chi connectivity index (χ1v) is 8.63. The predicted octanol–water partition coefficient (Wildman–Crippen LogP) is 2.57. The lowest BCUT2D eigenvalue weighted by molar-refractivity contribution is -0.192. The zero-order chi connectivity index (χ0) is 21.9. The maximum absolute atomic E-state index is 11.9. The minimum atomic E-state index is -5.08. The van der Waals surface area contributed by atoms with E-state index in [0.29, 0.717) is 18.8 Å². The van der Waals surface area contributed by atoms with Gasteiger partial charge in [-0.1, -0.05) is 12.1 Å². The van der Waals surface area contributed by atoms with Crippen LogP contribution in [-0.2, 0) is 11.3 Å². The minimum absolute atomic E-state index is 0.0807. The molecule has 11 heteroatoms. The van der Waals surface area contributed by atoms with Crippen LogP contribution >= 0.6 is 0 Å². The van der Waals surface area contributed by atoms with Gasteiger partial charge < -0.3 is 16.2 Å². The van der Waals surface area contributed by atoms with Crippen LogP contribution in [0.15, 0.2) is 48.7 Å². The lowest BCUT2D eigenvalue weighted by Crippen LogP contribution is -2.35. The van der Waals surface area contributed by atoms with Crippen LogP contribution in [0.4, 0.5) is 18.9 Å². The van der Waals surface area contributed by atoms with Crippen molar-refractivity contribution in [3.05, 3.63) is 54.4 Å². The third kappa shape index (κ3) is 4.74. The van der Waals surface area contributed by atoms with Gasteiger partial charge in [0, 0.05) is 29.6 Å². The summed E-state index contributed by atoms with van der Waals surface area (Å²) >= 11 is 0. The first-order chi connectivity index (χ1) is 14.1. The van der Waals surface area contributed by atoms with Gasteiger partial charge in [0.05, 0.1) is 17.9 Å². The van der Waals surface area contributed by atoms with Crippen LogP contribution in [0, 0.1) is 0 Å². The van der Waals surface area contributed by atoms with E-state index in [-0.39, 0.29) is 5.91 Å². The van der Waals surface area contributed by atoms with Crippen molar-refractivity contribution in [2.45, 2.75) is 12.7 Å². The van der Waals surface area contributed by atoms with Crippen LogP contribution in [0.25, 0.3) is 22.5 Å². The van der Waals surface area contributed by atoms with Gasteiger partial charge in [-0.25, -0.2) is 4.79 Å². The van der Waals surface area contributed by atoms with E-state index < -0.39 is 12.1 Å². The number of nitrogen functional groups attached to an aromatic ring is 1. The number of nitrogens with one attached hydrogen (secondary N) is 1. The number of nitrogens with zero attached hydrogens (tertiary/aromatic N) is 3. The number of hydrogen-bond acceptors (Lipinski definition) is 5. The predicted molar refractivity (Wildman–Crippen MR) is 101 cm³/mol. The Morgan fingerprint density at radius 1 is 1.10 bits per heavy atom. The quantitative estimate of drug-likeness (QED) is 0.549. The van der Waals surface area contributed by atoms with Crippen LogP contribution in [0.5, 0.6) is 0 Å². The Labute approximate surface area is 168 Å². The lowest BCUT2D eigenvalue weighted by atomic mass is 10.1.